The fourth-order valence-corrected chi connectivity index (χ4v) is 2.58. The maximum absolute atomic E-state index is 11.8. The number of methoxy groups -OCH3 is 1. The fourth-order valence-electron chi connectivity index (χ4n) is 2.58. The van der Waals surface area contributed by atoms with E-state index in [0.717, 1.165) is 12.8 Å². The maximum atomic E-state index is 11.8. The lowest BCUT2D eigenvalue weighted by atomic mass is 9.96. The summed E-state index contributed by atoms with van der Waals surface area (Å²) in [5, 5.41) is 14.4. The molecule has 21 heavy (non-hydrogen) atoms. The van der Waals surface area contributed by atoms with Crippen molar-refractivity contribution in [1.82, 2.24) is 10.3 Å². The van der Waals surface area contributed by atoms with E-state index in [1.165, 1.54) is 13.3 Å². The van der Waals surface area contributed by atoms with Gasteiger partial charge >= 0.3 is 12.0 Å². The van der Waals surface area contributed by atoms with Gasteiger partial charge in [-0.1, -0.05) is 6.42 Å². The second-order valence-corrected chi connectivity index (χ2v) is 5.06. The highest BCUT2D eigenvalue weighted by atomic mass is 16.5. The Kier molecular flexibility index (Phi) is 4.97. The number of carboxylic acid groups (broad SMARTS) is 1. The van der Waals surface area contributed by atoms with Crippen LogP contribution in [0.2, 0.25) is 0 Å². The zero-order chi connectivity index (χ0) is 15.2. The number of aliphatic carboxylic acids is 1. The molecule has 0 saturated heterocycles. The first-order valence-electron chi connectivity index (χ1n) is 6.88. The first-order chi connectivity index (χ1) is 10.1. The molecule has 2 unspecified atom stereocenters. The molecule has 1 aliphatic rings. The van der Waals surface area contributed by atoms with Crippen LogP contribution in [0.1, 0.15) is 19.3 Å². The van der Waals surface area contributed by atoms with Crippen molar-refractivity contribution >= 4 is 17.7 Å². The number of ether oxygens (including phenoxy) is 1. The minimum atomic E-state index is -0.779. The van der Waals surface area contributed by atoms with E-state index in [2.05, 4.69) is 15.6 Å². The highest BCUT2D eigenvalue weighted by molar-refractivity contribution is 5.89. The summed E-state index contributed by atoms with van der Waals surface area (Å²) in [6.07, 6.45) is 3.91. The van der Waals surface area contributed by atoms with Gasteiger partial charge in [0.15, 0.2) is 0 Å². The number of nitrogens with zero attached hydrogens (tertiary/aromatic N) is 1. The van der Waals surface area contributed by atoms with E-state index >= 15 is 0 Å². The van der Waals surface area contributed by atoms with Gasteiger partial charge in [0.1, 0.15) is 0 Å². The van der Waals surface area contributed by atoms with E-state index in [1.54, 1.807) is 12.1 Å². The smallest absolute Gasteiger partial charge is 0.319 e. The summed E-state index contributed by atoms with van der Waals surface area (Å²) in [6, 6.07) is 2.96. The molecule has 1 aromatic heterocycles. The van der Waals surface area contributed by atoms with Gasteiger partial charge in [-0.3, -0.25) is 4.79 Å². The van der Waals surface area contributed by atoms with Crippen LogP contribution in [-0.4, -0.2) is 35.7 Å². The van der Waals surface area contributed by atoms with Crippen LogP contribution in [0.3, 0.4) is 0 Å². The Morgan fingerprint density at radius 2 is 2.24 bits per heavy atom. The SMILES string of the molecule is COc1ccc(NC(=O)NCC2CCCC2C(=O)O)cn1. The van der Waals surface area contributed by atoms with Crippen LogP contribution in [0.15, 0.2) is 18.3 Å². The number of anilines is 1. The van der Waals surface area contributed by atoms with Crippen molar-refractivity contribution in [3.8, 4) is 5.88 Å². The average Bonchev–Trinajstić information content (AvgIpc) is 2.94. The molecule has 7 nitrogen and oxygen atoms in total. The van der Waals surface area contributed by atoms with Gasteiger partial charge in [-0.15, -0.1) is 0 Å². The summed E-state index contributed by atoms with van der Waals surface area (Å²) in [6.45, 7) is 0.367. The molecule has 3 N–H and O–H groups in total. The normalized spacial score (nSPS) is 20.8. The zero-order valence-corrected chi connectivity index (χ0v) is 11.8. The number of aromatic nitrogens is 1. The molecule has 7 heteroatoms. The van der Waals surface area contributed by atoms with Gasteiger partial charge in [-0.25, -0.2) is 9.78 Å². The quantitative estimate of drug-likeness (QED) is 0.767. The summed E-state index contributed by atoms with van der Waals surface area (Å²) in [5.41, 5.74) is 0.550. The minimum absolute atomic E-state index is 0.00208. The van der Waals surface area contributed by atoms with Crippen molar-refractivity contribution in [2.45, 2.75) is 19.3 Å². The molecule has 0 spiro atoms. The molecule has 1 aromatic rings. The molecule has 0 radical (unpaired) electrons. The maximum Gasteiger partial charge on any atom is 0.319 e. The molecule has 0 bridgehead atoms. The number of hydrogen-bond donors (Lipinski definition) is 3. The highest BCUT2D eigenvalue weighted by Crippen LogP contribution is 2.31. The number of rotatable bonds is 5. The number of pyridine rings is 1. The van der Waals surface area contributed by atoms with E-state index < -0.39 is 5.97 Å². The predicted molar refractivity (Wildman–Crippen MR) is 76.3 cm³/mol. The molecule has 2 rings (SSSR count). The van der Waals surface area contributed by atoms with Gasteiger partial charge < -0.3 is 20.5 Å². The lowest BCUT2D eigenvalue weighted by Gasteiger charge is -2.16. The molecular weight excluding hydrogens is 274 g/mol. The predicted octanol–water partition coefficient (Wildman–Crippen LogP) is 1.71. The van der Waals surface area contributed by atoms with E-state index in [9.17, 15) is 9.59 Å². The molecule has 114 valence electrons. The molecular formula is C14H19N3O4. The van der Waals surface area contributed by atoms with Crippen LogP contribution in [0.5, 0.6) is 5.88 Å². The topological polar surface area (TPSA) is 101 Å². The standard InChI is InChI=1S/C14H19N3O4/c1-21-12-6-5-10(8-15-12)17-14(20)16-7-9-3-2-4-11(9)13(18)19/h5-6,8-9,11H,2-4,7H2,1H3,(H,18,19)(H2,16,17,20). The monoisotopic (exact) mass is 293 g/mol. The van der Waals surface area contributed by atoms with Crippen LogP contribution in [0.25, 0.3) is 0 Å². The second-order valence-electron chi connectivity index (χ2n) is 5.06. The van der Waals surface area contributed by atoms with Crippen molar-refractivity contribution in [2.24, 2.45) is 11.8 Å². The third-order valence-corrected chi connectivity index (χ3v) is 3.70. The van der Waals surface area contributed by atoms with Crippen LogP contribution < -0.4 is 15.4 Å². The third-order valence-electron chi connectivity index (χ3n) is 3.70. The Labute approximate surface area is 122 Å². The Morgan fingerprint density at radius 1 is 1.43 bits per heavy atom. The van der Waals surface area contributed by atoms with E-state index in [1.807, 2.05) is 0 Å². The number of carboxylic acids is 1. The Hall–Kier alpha value is -2.31. The molecule has 1 aliphatic carbocycles. The van der Waals surface area contributed by atoms with Crippen LogP contribution in [-0.2, 0) is 4.79 Å². The number of carbonyl (C=O) groups is 2. The summed E-state index contributed by atoms with van der Waals surface area (Å²) < 4.78 is 4.93. The van der Waals surface area contributed by atoms with Crippen molar-refractivity contribution in [3.63, 3.8) is 0 Å². The molecule has 0 aromatic carbocycles. The first kappa shape index (κ1) is 15.1. The lowest BCUT2D eigenvalue weighted by molar-refractivity contribution is -0.142. The van der Waals surface area contributed by atoms with E-state index in [-0.39, 0.29) is 17.9 Å². The average molecular weight is 293 g/mol. The van der Waals surface area contributed by atoms with Crippen molar-refractivity contribution in [1.29, 1.82) is 0 Å². The molecule has 1 fully saturated rings. The second kappa shape index (κ2) is 6.92. The van der Waals surface area contributed by atoms with Gasteiger partial charge in [0.25, 0.3) is 0 Å². The third kappa shape index (κ3) is 4.08. The molecule has 2 amide bonds. The summed E-state index contributed by atoms with van der Waals surface area (Å²) in [7, 11) is 1.52. The van der Waals surface area contributed by atoms with Crippen molar-refractivity contribution in [3.05, 3.63) is 18.3 Å². The molecule has 2 atom stereocenters. The van der Waals surface area contributed by atoms with Gasteiger partial charge in [0, 0.05) is 12.6 Å². The van der Waals surface area contributed by atoms with Crippen molar-refractivity contribution < 1.29 is 19.4 Å². The molecule has 1 heterocycles. The van der Waals surface area contributed by atoms with Crippen molar-refractivity contribution in [2.75, 3.05) is 19.0 Å². The first-order valence-corrected chi connectivity index (χ1v) is 6.88. The molecule has 0 aliphatic heterocycles. The Morgan fingerprint density at radius 3 is 2.86 bits per heavy atom. The number of hydrogen-bond acceptors (Lipinski definition) is 4. The van der Waals surface area contributed by atoms with Gasteiger partial charge in [-0.2, -0.15) is 0 Å². The highest BCUT2D eigenvalue weighted by Gasteiger charge is 2.32. The number of nitrogens with one attached hydrogen (secondary N) is 2. The van der Waals surface area contributed by atoms with Gasteiger partial charge in [0.05, 0.1) is 24.9 Å². The zero-order valence-electron chi connectivity index (χ0n) is 11.8. The number of urea groups is 1. The Bertz CT molecular complexity index is 503. The van der Waals surface area contributed by atoms with Gasteiger partial charge in [0.2, 0.25) is 5.88 Å². The fraction of sp³-hybridized carbons (Fsp3) is 0.500. The summed E-state index contributed by atoms with van der Waals surface area (Å²) in [4.78, 5) is 26.8. The van der Waals surface area contributed by atoms with E-state index in [0.29, 0.717) is 24.5 Å². The summed E-state index contributed by atoms with van der Waals surface area (Å²) >= 11 is 0. The minimum Gasteiger partial charge on any atom is -0.481 e. The Balaban J connectivity index is 1.80. The summed E-state index contributed by atoms with van der Waals surface area (Å²) in [5.74, 6) is -0.662. The van der Waals surface area contributed by atoms with Crippen LogP contribution in [0, 0.1) is 11.8 Å². The number of amides is 2. The number of carbonyl (C=O) groups excluding carboxylic acids is 1. The van der Waals surface area contributed by atoms with Crippen LogP contribution in [0.4, 0.5) is 10.5 Å². The van der Waals surface area contributed by atoms with Gasteiger partial charge in [-0.05, 0) is 24.8 Å². The lowest BCUT2D eigenvalue weighted by Crippen LogP contribution is -2.35. The van der Waals surface area contributed by atoms with Crippen LogP contribution >= 0.6 is 0 Å². The molecule has 1 saturated carbocycles. The van der Waals surface area contributed by atoms with E-state index in [4.69, 9.17) is 9.84 Å². The largest absolute Gasteiger partial charge is 0.481 e.